The number of hydrogen-bond donors (Lipinski definition) is 3. The molecule has 0 radical (unpaired) electrons. The summed E-state index contributed by atoms with van der Waals surface area (Å²) in [6.45, 7) is 4.99. The van der Waals surface area contributed by atoms with Crippen LogP contribution >= 0.6 is 0 Å². The first-order chi connectivity index (χ1) is 46.0. The van der Waals surface area contributed by atoms with Gasteiger partial charge in [0.1, 0.15) is 0 Å². The topological polar surface area (TPSA) is 95.9 Å². The molecule has 0 saturated heterocycles. The van der Waals surface area contributed by atoms with Gasteiger partial charge >= 0.3 is 5.97 Å². The average molecular weight is 1310 g/mol. The van der Waals surface area contributed by atoms with E-state index in [2.05, 4.69) is 43.5 Å². The summed E-state index contributed by atoms with van der Waals surface area (Å²) in [5, 5.41) is 23.5. The molecule has 0 aromatic heterocycles. The van der Waals surface area contributed by atoms with E-state index in [9.17, 15) is 19.8 Å². The molecule has 2 atom stereocenters. The third-order valence-electron chi connectivity index (χ3n) is 20.5. The number of rotatable bonds is 82. The second-order valence-corrected chi connectivity index (χ2v) is 29.9. The summed E-state index contributed by atoms with van der Waals surface area (Å²) in [7, 11) is 0. The summed E-state index contributed by atoms with van der Waals surface area (Å²) >= 11 is 0. The van der Waals surface area contributed by atoms with Gasteiger partial charge in [0.15, 0.2) is 0 Å². The van der Waals surface area contributed by atoms with Crippen LogP contribution in [0.15, 0.2) is 24.3 Å². The molecule has 0 heterocycles. The maximum atomic E-state index is 12.6. The number of carbonyl (C=O) groups excluding carboxylic acids is 2. The number of aliphatic hydroxyl groups excluding tert-OH is 2. The van der Waals surface area contributed by atoms with Crippen LogP contribution in [-0.2, 0) is 14.3 Å². The van der Waals surface area contributed by atoms with Gasteiger partial charge < -0.3 is 20.3 Å². The standard InChI is InChI=1S/C87H169NO5/c1-3-5-7-9-11-13-15-17-19-21-22-42-45-48-51-55-59-63-67-71-75-79-85(90)84(83-89)88-86(91)80-76-72-68-64-60-56-52-49-46-43-40-38-36-34-32-30-28-26-24-23-25-27-29-31-33-35-37-39-41-44-47-50-54-58-62-66-70-74-78-82-93-87(92)81-77-73-69-65-61-57-53-20-18-16-14-12-10-8-6-4-2/h14,16,20,53,84-85,89-90H,3-13,15,17-19,21-52,54-83H2,1-2H3,(H,88,91)/b16-14-,53-20-. The monoisotopic (exact) mass is 1310 g/mol. The number of allylic oxidation sites excluding steroid dienone is 4. The molecule has 0 fully saturated rings. The maximum absolute atomic E-state index is 12.6. The fourth-order valence-electron chi connectivity index (χ4n) is 14.0. The lowest BCUT2D eigenvalue weighted by Crippen LogP contribution is -2.45. The average Bonchev–Trinajstić information content (AvgIpc) is 3.78. The number of ether oxygens (including phenoxy) is 1. The largest absolute Gasteiger partial charge is 0.466 e. The minimum absolute atomic E-state index is 0.0116. The fourth-order valence-corrected chi connectivity index (χ4v) is 14.0. The van der Waals surface area contributed by atoms with Gasteiger partial charge in [-0.05, 0) is 57.8 Å². The Hall–Kier alpha value is -1.66. The molecule has 6 heteroatoms. The molecule has 0 rings (SSSR count). The van der Waals surface area contributed by atoms with E-state index in [0.29, 0.717) is 25.9 Å². The van der Waals surface area contributed by atoms with Crippen molar-refractivity contribution in [1.29, 1.82) is 0 Å². The van der Waals surface area contributed by atoms with Gasteiger partial charge in [-0.1, -0.05) is 449 Å². The van der Waals surface area contributed by atoms with Crippen molar-refractivity contribution < 1.29 is 24.5 Å². The van der Waals surface area contributed by atoms with Gasteiger partial charge in [-0.25, -0.2) is 0 Å². The Balaban J connectivity index is 3.30. The van der Waals surface area contributed by atoms with Gasteiger partial charge in [-0.3, -0.25) is 9.59 Å². The first-order valence-corrected chi connectivity index (χ1v) is 43.1. The Kier molecular flexibility index (Phi) is 81.3. The zero-order chi connectivity index (χ0) is 67.0. The van der Waals surface area contributed by atoms with E-state index in [0.717, 1.165) is 51.4 Å². The highest BCUT2D eigenvalue weighted by molar-refractivity contribution is 5.76. The van der Waals surface area contributed by atoms with Crippen molar-refractivity contribution in [2.75, 3.05) is 13.2 Å². The predicted molar refractivity (Wildman–Crippen MR) is 412 cm³/mol. The van der Waals surface area contributed by atoms with E-state index in [1.165, 1.54) is 411 Å². The number of nitrogens with one attached hydrogen (secondary N) is 1. The van der Waals surface area contributed by atoms with Gasteiger partial charge in [-0.2, -0.15) is 0 Å². The number of hydrogen-bond acceptors (Lipinski definition) is 5. The van der Waals surface area contributed by atoms with Crippen molar-refractivity contribution in [2.45, 2.75) is 508 Å². The van der Waals surface area contributed by atoms with E-state index in [1.807, 2.05) is 0 Å². The van der Waals surface area contributed by atoms with Crippen LogP contribution in [0, 0.1) is 0 Å². The van der Waals surface area contributed by atoms with E-state index < -0.39 is 12.1 Å². The van der Waals surface area contributed by atoms with Crippen LogP contribution in [0.1, 0.15) is 495 Å². The van der Waals surface area contributed by atoms with Crippen LogP contribution in [0.2, 0.25) is 0 Å². The van der Waals surface area contributed by atoms with Crippen LogP contribution in [0.5, 0.6) is 0 Å². The molecule has 2 unspecified atom stereocenters. The van der Waals surface area contributed by atoms with Gasteiger partial charge in [0.2, 0.25) is 5.91 Å². The molecule has 0 aliphatic heterocycles. The van der Waals surface area contributed by atoms with Crippen molar-refractivity contribution in [3.63, 3.8) is 0 Å². The summed E-state index contributed by atoms with van der Waals surface area (Å²) in [4.78, 5) is 24.7. The van der Waals surface area contributed by atoms with Crippen molar-refractivity contribution >= 4 is 11.9 Å². The molecular formula is C87H169NO5. The highest BCUT2D eigenvalue weighted by Gasteiger charge is 2.20. The van der Waals surface area contributed by atoms with Crippen LogP contribution < -0.4 is 5.32 Å². The maximum Gasteiger partial charge on any atom is 0.305 e. The first kappa shape index (κ1) is 91.3. The molecule has 552 valence electrons. The van der Waals surface area contributed by atoms with Gasteiger partial charge in [0.25, 0.3) is 0 Å². The van der Waals surface area contributed by atoms with Gasteiger partial charge in [0, 0.05) is 12.8 Å². The highest BCUT2D eigenvalue weighted by atomic mass is 16.5. The third kappa shape index (κ3) is 79.2. The predicted octanol–water partition coefficient (Wildman–Crippen LogP) is 28.8. The molecule has 0 aliphatic rings. The second-order valence-electron chi connectivity index (χ2n) is 29.9. The van der Waals surface area contributed by atoms with Crippen molar-refractivity contribution in [1.82, 2.24) is 5.32 Å². The minimum atomic E-state index is -0.661. The number of aliphatic hydroxyl groups is 2. The summed E-state index contributed by atoms with van der Waals surface area (Å²) in [6.07, 6.45) is 107. The highest BCUT2D eigenvalue weighted by Crippen LogP contribution is 2.21. The van der Waals surface area contributed by atoms with Gasteiger partial charge in [0.05, 0.1) is 25.4 Å². The molecule has 0 spiro atoms. The van der Waals surface area contributed by atoms with Crippen LogP contribution in [0.25, 0.3) is 0 Å². The zero-order valence-corrected chi connectivity index (χ0v) is 63.5. The molecule has 0 aromatic carbocycles. The Labute approximate surface area is 583 Å². The Morgan fingerprint density at radius 3 is 0.828 bits per heavy atom. The SMILES string of the molecule is CCCCCC/C=C\C/C=C\CCCCCCCC(=O)OCCCCCCCCCCCCCCCCCCCCCCCCCCCCCCCCCCCCCCCCCC(=O)NC(CO)C(O)CCCCCCCCCCCCCCCCCCCCCCC. The van der Waals surface area contributed by atoms with Crippen molar-refractivity contribution in [2.24, 2.45) is 0 Å². The third-order valence-corrected chi connectivity index (χ3v) is 20.5. The Bertz CT molecular complexity index is 1460. The van der Waals surface area contributed by atoms with E-state index in [4.69, 9.17) is 4.74 Å². The molecule has 1 amide bonds. The molecule has 6 nitrogen and oxygen atoms in total. The number of amides is 1. The Morgan fingerprint density at radius 2 is 0.538 bits per heavy atom. The lowest BCUT2D eigenvalue weighted by atomic mass is 10.0. The van der Waals surface area contributed by atoms with Gasteiger partial charge in [-0.15, -0.1) is 0 Å². The minimum Gasteiger partial charge on any atom is -0.466 e. The fraction of sp³-hybridized carbons (Fsp3) is 0.931. The van der Waals surface area contributed by atoms with E-state index in [1.54, 1.807) is 0 Å². The first-order valence-electron chi connectivity index (χ1n) is 43.1. The van der Waals surface area contributed by atoms with Crippen LogP contribution in [0.3, 0.4) is 0 Å². The quantitative estimate of drug-likeness (QED) is 0.0320. The number of carbonyl (C=O) groups is 2. The lowest BCUT2D eigenvalue weighted by Gasteiger charge is -2.22. The Morgan fingerprint density at radius 1 is 0.301 bits per heavy atom. The molecule has 0 saturated carbocycles. The van der Waals surface area contributed by atoms with Crippen LogP contribution in [-0.4, -0.2) is 47.4 Å². The summed E-state index contributed by atoms with van der Waals surface area (Å²) in [5.74, 6) is -0.0115. The smallest absolute Gasteiger partial charge is 0.305 e. The summed E-state index contributed by atoms with van der Waals surface area (Å²) in [6, 6.07) is -0.537. The van der Waals surface area contributed by atoms with E-state index >= 15 is 0 Å². The molecule has 0 bridgehead atoms. The second kappa shape index (κ2) is 82.8. The number of esters is 1. The lowest BCUT2D eigenvalue weighted by molar-refractivity contribution is -0.143. The van der Waals surface area contributed by atoms with Crippen LogP contribution in [0.4, 0.5) is 0 Å². The molecule has 0 aliphatic carbocycles. The van der Waals surface area contributed by atoms with Crippen molar-refractivity contribution in [3.05, 3.63) is 24.3 Å². The molecule has 0 aromatic rings. The van der Waals surface area contributed by atoms with E-state index in [-0.39, 0.29) is 18.5 Å². The van der Waals surface area contributed by atoms with Crippen molar-refractivity contribution in [3.8, 4) is 0 Å². The molecule has 3 N–H and O–H groups in total. The molecular weight excluding hydrogens is 1140 g/mol. The normalized spacial score (nSPS) is 12.5. The zero-order valence-electron chi connectivity index (χ0n) is 63.5. The molecule has 93 heavy (non-hydrogen) atoms. The summed E-state index contributed by atoms with van der Waals surface area (Å²) < 4.78 is 5.50. The summed E-state index contributed by atoms with van der Waals surface area (Å²) in [5.41, 5.74) is 0. The number of unbranched alkanes of at least 4 members (excludes halogenated alkanes) is 67.